The van der Waals surface area contributed by atoms with E-state index in [4.69, 9.17) is 4.74 Å². The Morgan fingerprint density at radius 1 is 1.10 bits per heavy atom. The Kier molecular flexibility index (Phi) is 5.07. The van der Waals surface area contributed by atoms with Crippen LogP contribution < -0.4 is 15.1 Å². The molecule has 0 spiro atoms. The normalized spacial score (nSPS) is 17.7. The quantitative estimate of drug-likeness (QED) is 0.738. The largest absolute Gasteiger partial charge is 0.497 e. The summed E-state index contributed by atoms with van der Waals surface area (Å²) in [5.41, 5.74) is 1.89. The smallest absolute Gasteiger partial charge is 0.244 e. The molecule has 2 heterocycles. The minimum absolute atomic E-state index is 0.00613. The molecule has 4 rings (SSSR count). The van der Waals surface area contributed by atoms with Crippen molar-refractivity contribution in [1.82, 2.24) is 9.88 Å². The molecule has 0 aliphatic carbocycles. The zero-order chi connectivity index (χ0) is 20.5. The third-order valence-corrected chi connectivity index (χ3v) is 5.39. The molecule has 1 amide bonds. The lowest BCUT2D eigenvalue weighted by atomic mass is 10.1. The number of amides is 1. The first-order chi connectivity index (χ1) is 14.0. The molecule has 1 aromatic heterocycles. The number of aromatic amines is 1. The molecular formula is C22H22FN3O3. The number of pyridine rings is 1. The van der Waals surface area contributed by atoms with Crippen LogP contribution in [-0.2, 0) is 11.3 Å². The van der Waals surface area contributed by atoms with Crippen LogP contribution in [0.2, 0.25) is 0 Å². The number of H-pyrrole nitrogens is 1. The molecule has 3 aromatic rings. The number of carbonyl (C=O) groups is 1. The second-order valence-corrected chi connectivity index (χ2v) is 7.18. The Balaban J connectivity index is 1.52. The second-order valence-electron chi connectivity index (χ2n) is 7.18. The number of nitrogens with zero attached hydrogens (tertiary/aromatic N) is 2. The number of nitrogens with one attached hydrogen (secondary N) is 1. The van der Waals surface area contributed by atoms with Crippen molar-refractivity contribution < 1.29 is 13.9 Å². The standard InChI is InChI=1S/C22H22FN3O3/c1-14-22(28)26(17-4-6-18(29-2)7-5-17)10-9-25(14)13-16-12-21(27)19-11-15(23)3-8-20(19)24-16/h3-8,11-12,14H,9-10,13H2,1-2H3,(H,24,27)/t14-/m1/s1. The van der Waals surface area contributed by atoms with Gasteiger partial charge >= 0.3 is 0 Å². The maximum atomic E-state index is 13.4. The van der Waals surface area contributed by atoms with Crippen molar-refractivity contribution in [1.29, 1.82) is 0 Å². The summed E-state index contributed by atoms with van der Waals surface area (Å²) in [7, 11) is 1.61. The van der Waals surface area contributed by atoms with Crippen molar-refractivity contribution >= 4 is 22.5 Å². The Morgan fingerprint density at radius 3 is 2.59 bits per heavy atom. The third kappa shape index (κ3) is 3.73. The van der Waals surface area contributed by atoms with Gasteiger partial charge in [0.15, 0.2) is 5.43 Å². The number of hydrogen-bond acceptors (Lipinski definition) is 4. The first-order valence-electron chi connectivity index (χ1n) is 9.47. The zero-order valence-corrected chi connectivity index (χ0v) is 16.3. The van der Waals surface area contributed by atoms with Gasteiger partial charge in [0.25, 0.3) is 0 Å². The lowest BCUT2D eigenvalue weighted by Gasteiger charge is -2.39. The fourth-order valence-corrected chi connectivity index (χ4v) is 3.73. The number of anilines is 1. The van der Waals surface area contributed by atoms with Gasteiger partial charge in [-0.3, -0.25) is 14.5 Å². The van der Waals surface area contributed by atoms with Gasteiger partial charge in [0.2, 0.25) is 5.91 Å². The van der Waals surface area contributed by atoms with Crippen LogP contribution in [0.15, 0.2) is 53.3 Å². The molecule has 7 heteroatoms. The van der Waals surface area contributed by atoms with Crippen LogP contribution in [0.25, 0.3) is 10.9 Å². The van der Waals surface area contributed by atoms with Gasteiger partial charge in [0.05, 0.1) is 13.2 Å². The molecule has 1 N–H and O–H groups in total. The van der Waals surface area contributed by atoms with E-state index in [0.29, 0.717) is 36.2 Å². The van der Waals surface area contributed by atoms with E-state index in [1.54, 1.807) is 18.1 Å². The van der Waals surface area contributed by atoms with E-state index < -0.39 is 5.82 Å². The maximum absolute atomic E-state index is 13.4. The van der Waals surface area contributed by atoms with Crippen LogP contribution in [0.1, 0.15) is 12.6 Å². The summed E-state index contributed by atoms with van der Waals surface area (Å²) < 4.78 is 18.6. The number of aromatic nitrogens is 1. The fourth-order valence-electron chi connectivity index (χ4n) is 3.73. The highest BCUT2D eigenvalue weighted by atomic mass is 19.1. The van der Waals surface area contributed by atoms with Crippen LogP contribution in [0.4, 0.5) is 10.1 Å². The van der Waals surface area contributed by atoms with Gasteiger partial charge in [-0.2, -0.15) is 0 Å². The van der Waals surface area contributed by atoms with Crippen molar-refractivity contribution in [3.05, 3.63) is 70.3 Å². The highest BCUT2D eigenvalue weighted by Crippen LogP contribution is 2.24. The fraction of sp³-hybridized carbons (Fsp3) is 0.273. The molecular weight excluding hydrogens is 373 g/mol. The zero-order valence-electron chi connectivity index (χ0n) is 16.3. The molecule has 150 valence electrons. The van der Waals surface area contributed by atoms with E-state index >= 15 is 0 Å². The van der Waals surface area contributed by atoms with Gasteiger partial charge in [-0.25, -0.2) is 4.39 Å². The number of fused-ring (bicyclic) bond motifs is 1. The molecule has 1 aliphatic heterocycles. The average molecular weight is 395 g/mol. The molecule has 1 aliphatic rings. The predicted octanol–water partition coefficient (Wildman–Crippen LogP) is 2.91. The SMILES string of the molecule is COc1ccc(N2CCN(Cc3cc(=O)c4cc(F)ccc4[nH]3)[C@H](C)C2=O)cc1. The van der Waals surface area contributed by atoms with Gasteiger partial charge in [-0.15, -0.1) is 0 Å². The number of ether oxygens (including phenoxy) is 1. The van der Waals surface area contributed by atoms with E-state index in [9.17, 15) is 14.0 Å². The lowest BCUT2D eigenvalue weighted by Crippen LogP contribution is -2.55. The van der Waals surface area contributed by atoms with Crippen molar-refractivity contribution in [2.75, 3.05) is 25.1 Å². The van der Waals surface area contributed by atoms with Crippen LogP contribution in [-0.4, -0.2) is 42.0 Å². The topological polar surface area (TPSA) is 65.6 Å². The number of carbonyl (C=O) groups excluding carboxylic acids is 1. The predicted molar refractivity (Wildman–Crippen MR) is 110 cm³/mol. The third-order valence-electron chi connectivity index (χ3n) is 5.39. The van der Waals surface area contributed by atoms with Crippen LogP contribution in [0.5, 0.6) is 5.75 Å². The Bertz CT molecular complexity index is 1110. The summed E-state index contributed by atoms with van der Waals surface area (Å²) in [6, 6.07) is 12.7. The van der Waals surface area contributed by atoms with Crippen molar-refractivity contribution in [2.24, 2.45) is 0 Å². The van der Waals surface area contributed by atoms with Gasteiger partial charge in [0.1, 0.15) is 11.6 Å². The first kappa shape index (κ1) is 19.1. The number of benzene rings is 2. The summed E-state index contributed by atoms with van der Waals surface area (Å²) in [6.07, 6.45) is 0. The van der Waals surface area contributed by atoms with Crippen molar-refractivity contribution in [2.45, 2.75) is 19.5 Å². The van der Waals surface area contributed by atoms with Crippen LogP contribution in [0, 0.1) is 5.82 Å². The highest BCUT2D eigenvalue weighted by Gasteiger charge is 2.32. The molecule has 0 bridgehead atoms. The van der Waals surface area contributed by atoms with Crippen molar-refractivity contribution in [3.63, 3.8) is 0 Å². The van der Waals surface area contributed by atoms with E-state index in [0.717, 1.165) is 11.4 Å². The number of hydrogen-bond donors (Lipinski definition) is 1. The van der Waals surface area contributed by atoms with Gasteiger partial charge in [-0.05, 0) is 49.4 Å². The Hall–Kier alpha value is -3.19. The minimum Gasteiger partial charge on any atom is -0.497 e. The number of methoxy groups -OCH3 is 1. The first-order valence-corrected chi connectivity index (χ1v) is 9.47. The maximum Gasteiger partial charge on any atom is 0.244 e. The molecule has 0 radical (unpaired) electrons. The van der Waals surface area contributed by atoms with Gasteiger partial charge < -0.3 is 14.6 Å². The van der Waals surface area contributed by atoms with E-state index in [1.807, 2.05) is 36.1 Å². The summed E-state index contributed by atoms with van der Waals surface area (Å²) in [4.78, 5) is 32.3. The monoisotopic (exact) mass is 395 g/mol. The minimum atomic E-state index is -0.440. The summed E-state index contributed by atoms with van der Waals surface area (Å²) in [5, 5.41) is 0.321. The van der Waals surface area contributed by atoms with E-state index in [2.05, 4.69) is 4.98 Å². The molecule has 29 heavy (non-hydrogen) atoms. The number of rotatable bonds is 4. The molecule has 0 saturated carbocycles. The molecule has 1 saturated heterocycles. The number of piperazine rings is 1. The molecule has 0 unspecified atom stereocenters. The van der Waals surface area contributed by atoms with Crippen molar-refractivity contribution in [3.8, 4) is 5.75 Å². The van der Waals surface area contributed by atoms with E-state index in [1.165, 1.54) is 18.2 Å². The molecule has 2 aromatic carbocycles. The summed E-state index contributed by atoms with van der Waals surface area (Å²) >= 11 is 0. The highest BCUT2D eigenvalue weighted by molar-refractivity contribution is 5.97. The molecule has 1 atom stereocenters. The molecule has 1 fully saturated rings. The van der Waals surface area contributed by atoms with Crippen LogP contribution in [0.3, 0.4) is 0 Å². The van der Waals surface area contributed by atoms with E-state index in [-0.39, 0.29) is 17.4 Å². The van der Waals surface area contributed by atoms with Gasteiger partial charge in [-0.1, -0.05) is 0 Å². The summed E-state index contributed by atoms with van der Waals surface area (Å²) in [5.74, 6) is 0.310. The number of halogens is 1. The van der Waals surface area contributed by atoms with Gasteiger partial charge in [0, 0.05) is 48.0 Å². The molecule has 6 nitrogen and oxygen atoms in total. The Morgan fingerprint density at radius 2 is 1.86 bits per heavy atom. The lowest BCUT2D eigenvalue weighted by molar-refractivity contribution is -0.125. The second kappa shape index (κ2) is 7.67. The average Bonchev–Trinajstić information content (AvgIpc) is 2.72. The van der Waals surface area contributed by atoms with Crippen LogP contribution >= 0.6 is 0 Å². The Labute approximate surface area is 167 Å². The summed E-state index contributed by atoms with van der Waals surface area (Å²) in [6.45, 7) is 3.53.